The fourth-order valence-electron chi connectivity index (χ4n) is 5.61. The summed E-state index contributed by atoms with van der Waals surface area (Å²) >= 11 is 0. The van der Waals surface area contributed by atoms with Gasteiger partial charge in [-0.1, -0.05) is 73.9 Å². The number of hydrogen-bond donors (Lipinski definition) is 0. The van der Waals surface area contributed by atoms with Crippen molar-refractivity contribution in [1.29, 1.82) is 0 Å². The maximum atomic E-state index is 13.7. The van der Waals surface area contributed by atoms with E-state index >= 15 is 0 Å². The first-order valence-corrected chi connectivity index (χ1v) is 13.3. The van der Waals surface area contributed by atoms with Gasteiger partial charge in [0.05, 0.1) is 23.3 Å². The fourth-order valence-corrected chi connectivity index (χ4v) is 5.61. The lowest BCUT2D eigenvalue weighted by Crippen LogP contribution is -2.41. The number of para-hydroxylation sites is 3. The molecule has 2 aliphatic rings. The molecule has 0 unspecified atom stereocenters. The zero-order chi connectivity index (χ0) is 25.2. The molecule has 0 spiro atoms. The quantitative estimate of drug-likeness (QED) is 0.305. The summed E-state index contributed by atoms with van der Waals surface area (Å²) in [5, 5.41) is 0.855. The number of nitrogens with zero attached hydrogens (tertiary/aromatic N) is 2. The topological polar surface area (TPSA) is 51.7 Å². The highest BCUT2D eigenvalue weighted by Crippen LogP contribution is 2.34. The summed E-state index contributed by atoms with van der Waals surface area (Å²) in [5.41, 5.74) is 4.73. The van der Waals surface area contributed by atoms with Crippen molar-refractivity contribution in [2.75, 3.05) is 20.2 Å². The van der Waals surface area contributed by atoms with E-state index in [-0.39, 0.29) is 12.0 Å². The van der Waals surface area contributed by atoms with E-state index in [1.165, 1.54) is 37.7 Å². The van der Waals surface area contributed by atoms with E-state index in [0.717, 1.165) is 27.9 Å². The highest BCUT2D eigenvalue weighted by Gasteiger charge is 2.25. The average Bonchev–Trinajstić information content (AvgIpc) is 2.96. The van der Waals surface area contributed by atoms with Crippen LogP contribution in [0.5, 0.6) is 11.5 Å². The Bertz CT molecular complexity index is 1410. The van der Waals surface area contributed by atoms with Gasteiger partial charge in [-0.3, -0.25) is 4.79 Å². The maximum absolute atomic E-state index is 13.7. The van der Waals surface area contributed by atoms with Gasteiger partial charge in [0.15, 0.2) is 17.6 Å². The lowest BCUT2D eigenvalue weighted by atomic mass is 9.84. The number of fused-ring (bicyclic) bond motifs is 2. The predicted molar refractivity (Wildman–Crippen MR) is 146 cm³/mol. The van der Waals surface area contributed by atoms with E-state index in [1.54, 1.807) is 4.90 Å². The minimum atomic E-state index is -0.233. The Labute approximate surface area is 218 Å². The smallest absolute Gasteiger partial charge is 0.254 e. The summed E-state index contributed by atoms with van der Waals surface area (Å²) in [5.74, 6) is 2.07. The summed E-state index contributed by atoms with van der Waals surface area (Å²) in [4.78, 5) is 20.4. The van der Waals surface area contributed by atoms with Crippen LogP contribution in [0.15, 0.2) is 78.9 Å². The van der Waals surface area contributed by atoms with Gasteiger partial charge in [-0.2, -0.15) is 0 Å². The normalized spacial score (nSPS) is 17.5. The highest BCUT2D eigenvalue weighted by molar-refractivity contribution is 6.07. The monoisotopic (exact) mass is 492 g/mol. The number of carbonyl (C=O) groups excluding carboxylic acids is 1. The molecule has 1 aliphatic carbocycles. The minimum absolute atomic E-state index is 0.0545. The van der Waals surface area contributed by atoms with Crippen molar-refractivity contribution in [3.05, 3.63) is 90.0 Å². The van der Waals surface area contributed by atoms with Crippen molar-refractivity contribution >= 4 is 16.8 Å². The molecule has 1 aliphatic heterocycles. The van der Waals surface area contributed by atoms with Crippen LogP contribution in [-0.4, -0.2) is 42.1 Å². The number of carbonyl (C=O) groups is 1. The maximum Gasteiger partial charge on any atom is 0.254 e. The molecular weight excluding hydrogens is 460 g/mol. The molecule has 0 saturated heterocycles. The van der Waals surface area contributed by atoms with Gasteiger partial charge in [0.1, 0.15) is 6.61 Å². The van der Waals surface area contributed by atoms with Crippen molar-refractivity contribution in [2.24, 2.45) is 0 Å². The third-order valence-corrected chi connectivity index (χ3v) is 7.62. The zero-order valence-electron chi connectivity index (χ0n) is 21.2. The third-order valence-electron chi connectivity index (χ3n) is 7.62. The van der Waals surface area contributed by atoms with E-state index in [2.05, 4.69) is 24.3 Å². The Kier molecular flexibility index (Phi) is 6.52. The van der Waals surface area contributed by atoms with E-state index in [1.807, 2.05) is 61.6 Å². The van der Waals surface area contributed by atoms with Crippen LogP contribution in [0.2, 0.25) is 0 Å². The molecule has 1 aromatic heterocycles. The Morgan fingerprint density at radius 3 is 2.46 bits per heavy atom. The average molecular weight is 493 g/mol. The zero-order valence-corrected chi connectivity index (χ0v) is 21.2. The van der Waals surface area contributed by atoms with Gasteiger partial charge in [-0.05, 0) is 48.6 Å². The number of likely N-dealkylation sites (N-methyl/N-ethyl adjacent to an activating group) is 1. The van der Waals surface area contributed by atoms with Crippen LogP contribution in [0.4, 0.5) is 0 Å². The Morgan fingerprint density at radius 2 is 1.65 bits per heavy atom. The molecular formula is C32H32N2O3. The molecule has 1 amide bonds. The summed E-state index contributed by atoms with van der Waals surface area (Å²) in [6.45, 7) is 0.833. The molecule has 37 heavy (non-hydrogen) atoms. The second kappa shape index (κ2) is 10.3. The predicted octanol–water partition coefficient (Wildman–Crippen LogP) is 6.86. The molecule has 6 rings (SSSR count). The molecule has 0 N–H and O–H groups in total. The number of ether oxygens (including phenoxy) is 2. The van der Waals surface area contributed by atoms with E-state index in [4.69, 9.17) is 14.5 Å². The largest absolute Gasteiger partial charge is 0.486 e. The van der Waals surface area contributed by atoms with Crippen molar-refractivity contribution in [2.45, 2.75) is 44.1 Å². The highest BCUT2D eigenvalue weighted by atomic mass is 16.6. The van der Waals surface area contributed by atoms with Gasteiger partial charge in [0, 0.05) is 18.0 Å². The standard InChI is InChI=1S/C32H32N2O3/c1-34(20-25-21-36-30-13-7-8-14-31(30)37-25)32(35)27-19-29(33-28-12-6-5-11-26(27)28)24-17-15-23(16-18-24)22-9-3-2-4-10-22/h5-8,11-19,22,25H,2-4,9-10,20-21H2,1H3/t25-/m0/s1. The molecule has 0 bridgehead atoms. The van der Waals surface area contributed by atoms with Gasteiger partial charge in [0.25, 0.3) is 5.91 Å². The van der Waals surface area contributed by atoms with Crippen LogP contribution in [-0.2, 0) is 0 Å². The van der Waals surface area contributed by atoms with Crippen LogP contribution in [0, 0.1) is 0 Å². The molecule has 4 aromatic rings. The Balaban J connectivity index is 1.26. The molecule has 1 fully saturated rings. The lowest BCUT2D eigenvalue weighted by Gasteiger charge is -2.29. The van der Waals surface area contributed by atoms with Gasteiger partial charge in [-0.15, -0.1) is 0 Å². The molecule has 1 saturated carbocycles. The molecule has 2 heterocycles. The van der Waals surface area contributed by atoms with E-state index in [0.29, 0.717) is 30.4 Å². The van der Waals surface area contributed by atoms with Crippen molar-refractivity contribution in [3.8, 4) is 22.8 Å². The van der Waals surface area contributed by atoms with Gasteiger partial charge < -0.3 is 14.4 Å². The Morgan fingerprint density at radius 1 is 0.919 bits per heavy atom. The first-order valence-electron chi connectivity index (χ1n) is 13.3. The summed E-state index contributed by atoms with van der Waals surface area (Å²) in [6.07, 6.45) is 6.32. The van der Waals surface area contributed by atoms with Gasteiger partial charge >= 0.3 is 0 Å². The first kappa shape index (κ1) is 23.5. The summed E-state index contributed by atoms with van der Waals surface area (Å²) in [7, 11) is 1.82. The number of amides is 1. The molecule has 0 radical (unpaired) electrons. The van der Waals surface area contributed by atoms with Crippen molar-refractivity contribution < 1.29 is 14.3 Å². The lowest BCUT2D eigenvalue weighted by molar-refractivity contribution is 0.0522. The number of benzene rings is 3. The second-order valence-corrected chi connectivity index (χ2v) is 10.2. The summed E-state index contributed by atoms with van der Waals surface area (Å²) < 4.78 is 11.9. The number of rotatable bonds is 5. The second-order valence-electron chi connectivity index (χ2n) is 10.2. The van der Waals surface area contributed by atoms with Crippen molar-refractivity contribution in [3.63, 3.8) is 0 Å². The number of aromatic nitrogens is 1. The van der Waals surface area contributed by atoms with E-state index in [9.17, 15) is 4.79 Å². The number of pyridine rings is 1. The molecule has 188 valence electrons. The van der Waals surface area contributed by atoms with Crippen LogP contribution in [0.25, 0.3) is 22.2 Å². The van der Waals surface area contributed by atoms with E-state index < -0.39 is 0 Å². The molecule has 5 heteroatoms. The van der Waals surface area contributed by atoms with Gasteiger partial charge in [-0.25, -0.2) is 4.98 Å². The fraction of sp³-hybridized carbons (Fsp3) is 0.312. The minimum Gasteiger partial charge on any atom is -0.486 e. The van der Waals surface area contributed by atoms with Crippen LogP contribution in [0.1, 0.15) is 53.9 Å². The SMILES string of the molecule is CN(C[C@H]1COc2ccccc2O1)C(=O)c1cc(-c2ccc(C3CCCCC3)cc2)nc2ccccc12. The molecule has 3 aromatic carbocycles. The van der Waals surface area contributed by atoms with Crippen LogP contribution < -0.4 is 9.47 Å². The first-order chi connectivity index (χ1) is 18.2. The van der Waals surface area contributed by atoms with Crippen molar-refractivity contribution in [1.82, 2.24) is 9.88 Å². The third kappa shape index (κ3) is 4.91. The number of hydrogen-bond acceptors (Lipinski definition) is 4. The van der Waals surface area contributed by atoms with Crippen LogP contribution >= 0.6 is 0 Å². The van der Waals surface area contributed by atoms with Crippen LogP contribution in [0.3, 0.4) is 0 Å². The Hall–Kier alpha value is -3.86. The molecule has 1 atom stereocenters. The van der Waals surface area contributed by atoms with Gasteiger partial charge in [0.2, 0.25) is 0 Å². The summed E-state index contributed by atoms with van der Waals surface area (Å²) in [6, 6.07) is 26.2. The molecule has 5 nitrogen and oxygen atoms in total.